The molecule has 0 unspecified atom stereocenters. The van der Waals surface area contributed by atoms with Crippen LogP contribution in [0, 0.1) is 0 Å². The molecule has 6 nitrogen and oxygen atoms in total. The van der Waals surface area contributed by atoms with E-state index in [-0.39, 0.29) is 0 Å². The lowest BCUT2D eigenvalue weighted by atomic mass is 9.90. The molecule has 25 heavy (non-hydrogen) atoms. The molecule has 136 valence electrons. The van der Waals surface area contributed by atoms with E-state index >= 15 is 0 Å². The van der Waals surface area contributed by atoms with E-state index in [0.717, 1.165) is 32.5 Å². The van der Waals surface area contributed by atoms with E-state index < -0.39 is 6.16 Å². The maximum atomic E-state index is 11.4. The third-order valence-corrected chi connectivity index (χ3v) is 4.83. The van der Waals surface area contributed by atoms with Gasteiger partial charge in [0.05, 0.1) is 18.3 Å². The van der Waals surface area contributed by atoms with Crippen LogP contribution in [0.3, 0.4) is 0 Å². The zero-order chi connectivity index (χ0) is 17.6. The van der Waals surface area contributed by atoms with E-state index in [1.54, 1.807) is 12.0 Å². The molecule has 2 aromatic rings. The van der Waals surface area contributed by atoms with Crippen LogP contribution in [-0.4, -0.2) is 40.5 Å². The number of aryl methyl sites for hydroxylation is 1. The van der Waals surface area contributed by atoms with Crippen molar-refractivity contribution < 1.29 is 14.4 Å². The summed E-state index contributed by atoms with van der Waals surface area (Å²) in [5.74, 6) is 0.481. The Balaban J connectivity index is 1.70. The second-order valence-corrected chi connectivity index (χ2v) is 6.50. The van der Waals surface area contributed by atoms with E-state index in [1.165, 1.54) is 29.3 Å². The van der Waals surface area contributed by atoms with Gasteiger partial charge in [-0.3, -0.25) is 4.98 Å². The highest BCUT2D eigenvalue weighted by Gasteiger charge is 2.26. The van der Waals surface area contributed by atoms with E-state index in [4.69, 9.17) is 9.57 Å². The van der Waals surface area contributed by atoms with Gasteiger partial charge in [0.15, 0.2) is 0 Å². The van der Waals surface area contributed by atoms with Crippen LogP contribution in [0.15, 0.2) is 24.7 Å². The van der Waals surface area contributed by atoms with Crippen LogP contribution in [0.4, 0.5) is 4.79 Å². The largest absolute Gasteiger partial charge is 0.527 e. The topological polar surface area (TPSA) is 56.6 Å². The molecule has 6 heteroatoms. The summed E-state index contributed by atoms with van der Waals surface area (Å²) in [5.41, 5.74) is 2.61. The smallest absolute Gasteiger partial charge is 0.433 e. The molecular weight excluding hydrogens is 318 g/mol. The number of pyridine rings is 1. The fourth-order valence-electron chi connectivity index (χ4n) is 3.51. The third kappa shape index (κ3) is 4.12. The first-order chi connectivity index (χ1) is 12.2. The van der Waals surface area contributed by atoms with Crippen molar-refractivity contribution in [3.8, 4) is 0 Å². The van der Waals surface area contributed by atoms with Crippen molar-refractivity contribution in [3.63, 3.8) is 0 Å². The number of carbonyl (C=O) groups is 1. The average Bonchev–Trinajstić information content (AvgIpc) is 3.00. The number of aromatic nitrogens is 2. The highest BCUT2D eigenvalue weighted by atomic mass is 16.8. The Bertz CT molecular complexity index is 705. The SMILES string of the molecule is CCCCn1cc(C2CCN(OC(=O)OCC)CC2)c2ccncc21. The standard InChI is InChI=1S/C19H27N3O3/c1-3-5-10-21-14-17(16-6-9-20-13-18(16)21)15-7-11-22(12-8-15)25-19(23)24-4-2/h6,9,13-15H,3-5,7-8,10-12H2,1-2H3. The number of fused-ring (bicyclic) bond motifs is 1. The van der Waals surface area contributed by atoms with E-state index in [9.17, 15) is 4.79 Å². The fraction of sp³-hybridized carbons (Fsp3) is 0.579. The molecule has 0 N–H and O–H groups in total. The second kappa shape index (κ2) is 8.34. The highest BCUT2D eigenvalue weighted by Crippen LogP contribution is 2.34. The van der Waals surface area contributed by atoms with E-state index in [2.05, 4.69) is 28.7 Å². The number of hydrogen-bond acceptors (Lipinski definition) is 5. The van der Waals surface area contributed by atoms with Gasteiger partial charge in [0.25, 0.3) is 0 Å². The summed E-state index contributed by atoms with van der Waals surface area (Å²) in [5, 5.41) is 3.02. The van der Waals surface area contributed by atoms with Gasteiger partial charge in [-0.25, -0.2) is 4.79 Å². The summed E-state index contributed by atoms with van der Waals surface area (Å²) in [6.45, 7) is 6.82. The van der Waals surface area contributed by atoms with Crippen molar-refractivity contribution in [3.05, 3.63) is 30.2 Å². The summed E-state index contributed by atoms with van der Waals surface area (Å²) >= 11 is 0. The number of unbranched alkanes of at least 4 members (excludes halogenated alkanes) is 1. The van der Waals surface area contributed by atoms with Crippen LogP contribution < -0.4 is 0 Å². The Morgan fingerprint density at radius 1 is 1.32 bits per heavy atom. The first-order valence-corrected chi connectivity index (χ1v) is 9.25. The van der Waals surface area contributed by atoms with Gasteiger partial charge in [0, 0.05) is 37.4 Å². The predicted molar refractivity (Wildman–Crippen MR) is 96.3 cm³/mol. The molecule has 0 radical (unpaired) electrons. The quantitative estimate of drug-likeness (QED) is 0.738. The molecule has 3 rings (SSSR count). The van der Waals surface area contributed by atoms with E-state index in [1.807, 2.05) is 12.4 Å². The molecule has 0 atom stereocenters. The minimum atomic E-state index is -0.608. The summed E-state index contributed by atoms with van der Waals surface area (Å²) in [6, 6.07) is 2.12. The first kappa shape index (κ1) is 17.7. The van der Waals surface area contributed by atoms with Crippen LogP contribution >= 0.6 is 0 Å². The minimum Gasteiger partial charge on any atom is -0.433 e. The molecule has 0 bridgehead atoms. The maximum Gasteiger partial charge on any atom is 0.527 e. The van der Waals surface area contributed by atoms with Crippen molar-refractivity contribution in [1.82, 2.24) is 14.6 Å². The van der Waals surface area contributed by atoms with Crippen molar-refractivity contribution >= 4 is 17.1 Å². The average molecular weight is 345 g/mol. The molecule has 0 spiro atoms. The van der Waals surface area contributed by atoms with Gasteiger partial charge in [-0.1, -0.05) is 13.3 Å². The van der Waals surface area contributed by atoms with Crippen molar-refractivity contribution in [2.75, 3.05) is 19.7 Å². The normalized spacial score (nSPS) is 16.2. The number of hydrogen-bond donors (Lipinski definition) is 0. The van der Waals surface area contributed by atoms with Gasteiger partial charge in [-0.15, -0.1) is 5.06 Å². The molecule has 1 aliphatic heterocycles. The maximum absolute atomic E-state index is 11.4. The molecule has 0 amide bonds. The number of carbonyl (C=O) groups excluding carboxylic acids is 1. The Hall–Kier alpha value is -2.08. The molecule has 1 fully saturated rings. The highest BCUT2D eigenvalue weighted by molar-refractivity contribution is 5.83. The van der Waals surface area contributed by atoms with Crippen molar-refractivity contribution in [2.45, 2.75) is 52.0 Å². The van der Waals surface area contributed by atoms with Crippen LogP contribution in [0.25, 0.3) is 10.9 Å². The number of ether oxygens (including phenoxy) is 1. The molecule has 1 aliphatic rings. The fourth-order valence-corrected chi connectivity index (χ4v) is 3.51. The Morgan fingerprint density at radius 2 is 2.12 bits per heavy atom. The van der Waals surface area contributed by atoms with Crippen LogP contribution in [-0.2, 0) is 16.1 Å². The number of piperidine rings is 1. The third-order valence-electron chi connectivity index (χ3n) is 4.83. The number of rotatable bonds is 6. The monoisotopic (exact) mass is 345 g/mol. The molecule has 3 heterocycles. The van der Waals surface area contributed by atoms with Crippen LogP contribution in [0.1, 0.15) is 51.0 Å². The van der Waals surface area contributed by atoms with Gasteiger partial charge in [-0.05, 0) is 43.7 Å². The minimum absolute atomic E-state index is 0.334. The summed E-state index contributed by atoms with van der Waals surface area (Å²) < 4.78 is 7.18. The Kier molecular flexibility index (Phi) is 5.91. The van der Waals surface area contributed by atoms with Gasteiger partial charge >= 0.3 is 6.16 Å². The number of nitrogens with zero attached hydrogens (tertiary/aromatic N) is 3. The van der Waals surface area contributed by atoms with E-state index in [0.29, 0.717) is 12.5 Å². The predicted octanol–water partition coefficient (Wildman–Crippen LogP) is 4.10. The van der Waals surface area contributed by atoms with Crippen molar-refractivity contribution in [1.29, 1.82) is 0 Å². The first-order valence-electron chi connectivity index (χ1n) is 9.25. The lowest BCUT2D eigenvalue weighted by Gasteiger charge is -2.29. The molecule has 0 saturated carbocycles. The second-order valence-electron chi connectivity index (χ2n) is 6.50. The van der Waals surface area contributed by atoms with Crippen LogP contribution in [0.2, 0.25) is 0 Å². The van der Waals surface area contributed by atoms with Crippen LogP contribution in [0.5, 0.6) is 0 Å². The van der Waals surface area contributed by atoms with Gasteiger partial charge < -0.3 is 14.1 Å². The summed E-state index contributed by atoms with van der Waals surface area (Å²) in [4.78, 5) is 21.0. The molecule has 0 aromatic carbocycles. The summed E-state index contributed by atoms with van der Waals surface area (Å²) in [6.07, 6.45) is 9.81. The zero-order valence-corrected chi connectivity index (χ0v) is 15.1. The molecule has 1 saturated heterocycles. The molecule has 0 aliphatic carbocycles. The van der Waals surface area contributed by atoms with Gasteiger partial charge in [0.2, 0.25) is 0 Å². The Morgan fingerprint density at radius 3 is 2.84 bits per heavy atom. The lowest BCUT2D eigenvalue weighted by molar-refractivity contribution is -0.138. The summed E-state index contributed by atoms with van der Waals surface area (Å²) in [7, 11) is 0. The van der Waals surface area contributed by atoms with Gasteiger partial charge in [-0.2, -0.15) is 0 Å². The molecule has 2 aromatic heterocycles. The molecular formula is C19H27N3O3. The van der Waals surface area contributed by atoms with Crippen molar-refractivity contribution in [2.24, 2.45) is 0 Å². The number of hydroxylamine groups is 2. The van der Waals surface area contributed by atoms with Gasteiger partial charge in [0.1, 0.15) is 0 Å². The Labute approximate surface area is 148 Å². The lowest BCUT2D eigenvalue weighted by Crippen LogP contribution is -2.35. The zero-order valence-electron chi connectivity index (χ0n) is 15.1.